The van der Waals surface area contributed by atoms with Gasteiger partial charge in [-0.3, -0.25) is 4.79 Å². The molecule has 1 N–H and O–H groups in total. The van der Waals surface area contributed by atoms with Gasteiger partial charge in [0.2, 0.25) is 0 Å². The maximum atomic E-state index is 12.3. The number of benzene rings is 2. The van der Waals surface area contributed by atoms with Gasteiger partial charge in [0.05, 0.1) is 24.3 Å². The Hall–Kier alpha value is -3.15. The number of nitrogens with one attached hydrogen (secondary N) is 1. The van der Waals surface area contributed by atoms with Crippen molar-refractivity contribution < 1.29 is 23.9 Å². The minimum atomic E-state index is -0.742. The predicted molar refractivity (Wildman–Crippen MR) is 98.1 cm³/mol. The number of rotatable bonds is 7. The van der Waals surface area contributed by atoms with Crippen molar-refractivity contribution in [3.63, 3.8) is 0 Å². The highest BCUT2D eigenvalue weighted by Crippen LogP contribution is 2.40. The van der Waals surface area contributed by atoms with Gasteiger partial charge in [-0.1, -0.05) is 42.5 Å². The Morgan fingerprint density at radius 1 is 0.963 bits per heavy atom. The first-order valence-corrected chi connectivity index (χ1v) is 8.79. The fraction of sp³-hybridized carbons (Fsp3) is 0.286. The molecule has 0 saturated heterocycles. The second-order valence-electron chi connectivity index (χ2n) is 6.41. The summed E-state index contributed by atoms with van der Waals surface area (Å²) in [4.78, 5) is 36.3. The van der Waals surface area contributed by atoms with Crippen LogP contribution >= 0.6 is 0 Å². The average Bonchev–Trinajstić information content (AvgIpc) is 3.55. The van der Waals surface area contributed by atoms with E-state index >= 15 is 0 Å². The highest BCUT2D eigenvalue weighted by atomic mass is 16.5. The molecular weight excluding hydrogens is 346 g/mol. The number of hydrogen-bond donors (Lipinski definition) is 1. The highest BCUT2D eigenvalue weighted by Gasteiger charge is 2.33. The summed E-state index contributed by atoms with van der Waals surface area (Å²) in [6, 6.07) is 15.8. The standard InChI is InChI=1S/C21H21NO5/c1-26-20(24)16-9-5-6-10-17(16)21(25)27-13-18(23)22-19(15-11-12-15)14-7-3-2-4-8-14/h2-10,15,19H,11-13H2,1H3,(H,22,23). The van der Waals surface area contributed by atoms with Crippen LogP contribution in [-0.2, 0) is 14.3 Å². The van der Waals surface area contributed by atoms with Crippen LogP contribution in [0.1, 0.15) is 45.2 Å². The first kappa shape index (κ1) is 18.6. The quantitative estimate of drug-likeness (QED) is 0.761. The topological polar surface area (TPSA) is 81.7 Å². The van der Waals surface area contributed by atoms with Gasteiger partial charge >= 0.3 is 11.9 Å². The molecule has 1 fully saturated rings. The Morgan fingerprint density at radius 2 is 1.56 bits per heavy atom. The van der Waals surface area contributed by atoms with Gasteiger partial charge in [-0.15, -0.1) is 0 Å². The van der Waals surface area contributed by atoms with Crippen LogP contribution in [0.25, 0.3) is 0 Å². The third kappa shape index (κ3) is 4.73. The van der Waals surface area contributed by atoms with Crippen LogP contribution in [0.5, 0.6) is 0 Å². The average molecular weight is 367 g/mol. The SMILES string of the molecule is COC(=O)c1ccccc1C(=O)OCC(=O)NC(c1ccccc1)C1CC1. The van der Waals surface area contributed by atoms with E-state index in [1.807, 2.05) is 30.3 Å². The molecule has 0 heterocycles. The molecule has 27 heavy (non-hydrogen) atoms. The lowest BCUT2D eigenvalue weighted by atomic mass is 10.0. The molecule has 140 valence electrons. The van der Waals surface area contributed by atoms with Crippen LogP contribution < -0.4 is 5.32 Å². The Bertz CT molecular complexity index is 829. The van der Waals surface area contributed by atoms with E-state index in [1.165, 1.54) is 19.2 Å². The van der Waals surface area contributed by atoms with Gasteiger partial charge in [-0.05, 0) is 36.5 Å². The molecule has 6 heteroatoms. The normalized spacial score (nSPS) is 14.1. The fourth-order valence-electron chi connectivity index (χ4n) is 2.94. The number of hydrogen-bond acceptors (Lipinski definition) is 5. The van der Waals surface area contributed by atoms with Crippen LogP contribution in [0, 0.1) is 5.92 Å². The van der Waals surface area contributed by atoms with Gasteiger partial charge in [-0.2, -0.15) is 0 Å². The number of carbonyl (C=O) groups excluding carboxylic acids is 3. The second-order valence-corrected chi connectivity index (χ2v) is 6.41. The monoisotopic (exact) mass is 367 g/mol. The Morgan fingerprint density at radius 3 is 2.15 bits per heavy atom. The molecule has 1 saturated carbocycles. The molecule has 0 spiro atoms. The van der Waals surface area contributed by atoms with E-state index in [9.17, 15) is 14.4 Å². The summed E-state index contributed by atoms with van der Waals surface area (Å²) in [5, 5.41) is 2.94. The summed E-state index contributed by atoms with van der Waals surface area (Å²) in [6.07, 6.45) is 2.12. The van der Waals surface area contributed by atoms with Gasteiger partial charge in [-0.25, -0.2) is 9.59 Å². The van der Waals surface area contributed by atoms with Gasteiger partial charge in [0.15, 0.2) is 6.61 Å². The minimum Gasteiger partial charge on any atom is -0.465 e. The second kappa shape index (κ2) is 8.49. The van der Waals surface area contributed by atoms with E-state index in [1.54, 1.807) is 12.1 Å². The largest absolute Gasteiger partial charge is 0.465 e. The maximum Gasteiger partial charge on any atom is 0.339 e. The minimum absolute atomic E-state index is 0.0685. The van der Waals surface area contributed by atoms with Crippen LogP contribution in [0.3, 0.4) is 0 Å². The van der Waals surface area contributed by atoms with Crippen LogP contribution in [0.4, 0.5) is 0 Å². The van der Waals surface area contributed by atoms with Crippen molar-refractivity contribution in [1.29, 1.82) is 0 Å². The van der Waals surface area contributed by atoms with Crippen LogP contribution in [0.15, 0.2) is 54.6 Å². The maximum absolute atomic E-state index is 12.3. The van der Waals surface area contributed by atoms with Crippen molar-refractivity contribution in [1.82, 2.24) is 5.32 Å². The van der Waals surface area contributed by atoms with Crippen molar-refractivity contribution in [2.75, 3.05) is 13.7 Å². The third-order valence-electron chi connectivity index (χ3n) is 4.46. The van der Waals surface area contributed by atoms with Crippen molar-refractivity contribution >= 4 is 17.8 Å². The summed E-state index contributed by atoms with van der Waals surface area (Å²) in [7, 11) is 1.24. The van der Waals surface area contributed by atoms with E-state index in [2.05, 4.69) is 10.1 Å². The zero-order chi connectivity index (χ0) is 19.2. The molecule has 1 aliphatic rings. The van der Waals surface area contributed by atoms with E-state index in [-0.39, 0.29) is 23.1 Å². The predicted octanol–water partition coefficient (Wildman–Crippen LogP) is 2.90. The number of methoxy groups -OCH3 is 1. The van der Waals surface area contributed by atoms with Crippen molar-refractivity contribution in [2.45, 2.75) is 18.9 Å². The lowest BCUT2D eigenvalue weighted by Crippen LogP contribution is -2.33. The molecule has 6 nitrogen and oxygen atoms in total. The molecule has 1 aliphatic carbocycles. The summed E-state index contributed by atoms with van der Waals surface area (Å²) in [5.41, 5.74) is 1.21. The van der Waals surface area contributed by atoms with Crippen molar-refractivity contribution in [3.05, 3.63) is 71.3 Å². The lowest BCUT2D eigenvalue weighted by molar-refractivity contribution is -0.125. The van der Waals surface area contributed by atoms with E-state index < -0.39 is 18.5 Å². The molecule has 0 aromatic heterocycles. The Kier molecular flexibility index (Phi) is 5.86. The van der Waals surface area contributed by atoms with E-state index in [4.69, 9.17) is 4.74 Å². The first-order valence-electron chi connectivity index (χ1n) is 8.79. The van der Waals surface area contributed by atoms with Gasteiger partial charge < -0.3 is 14.8 Å². The molecule has 0 aliphatic heterocycles. The van der Waals surface area contributed by atoms with Crippen LogP contribution in [-0.4, -0.2) is 31.6 Å². The van der Waals surface area contributed by atoms with Gasteiger partial charge in [0.25, 0.3) is 5.91 Å². The third-order valence-corrected chi connectivity index (χ3v) is 4.46. The summed E-state index contributed by atoms with van der Waals surface area (Å²) in [5.74, 6) is -1.34. The van der Waals surface area contributed by atoms with Crippen LogP contribution in [0.2, 0.25) is 0 Å². The summed E-state index contributed by atoms with van der Waals surface area (Å²) < 4.78 is 9.76. The summed E-state index contributed by atoms with van der Waals surface area (Å²) >= 11 is 0. The number of amides is 1. The van der Waals surface area contributed by atoms with Gasteiger partial charge in [0, 0.05) is 0 Å². The molecule has 0 bridgehead atoms. The van der Waals surface area contributed by atoms with Crippen molar-refractivity contribution in [3.8, 4) is 0 Å². The Balaban J connectivity index is 1.61. The summed E-state index contributed by atoms with van der Waals surface area (Å²) in [6.45, 7) is -0.412. The number of carbonyl (C=O) groups is 3. The highest BCUT2D eigenvalue weighted by molar-refractivity contribution is 6.03. The zero-order valence-corrected chi connectivity index (χ0v) is 15.0. The van der Waals surface area contributed by atoms with Crippen molar-refractivity contribution in [2.24, 2.45) is 5.92 Å². The smallest absolute Gasteiger partial charge is 0.339 e. The lowest BCUT2D eigenvalue weighted by Gasteiger charge is -2.18. The molecule has 1 unspecified atom stereocenters. The molecule has 0 radical (unpaired) electrons. The zero-order valence-electron chi connectivity index (χ0n) is 15.0. The molecule has 2 aromatic carbocycles. The van der Waals surface area contributed by atoms with Gasteiger partial charge in [0.1, 0.15) is 0 Å². The molecule has 1 amide bonds. The molecule has 3 rings (SSSR count). The van der Waals surface area contributed by atoms with E-state index in [0.717, 1.165) is 18.4 Å². The number of esters is 2. The van der Waals surface area contributed by atoms with E-state index in [0.29, 0.717) is 5.92 Å². The first-order chi connectivity index (χ1) is 13.1. The Labute approximate surface area is 157 Å². The molecule has 2 aromatic rings. The molecular formula is C21H21NO5. The molecule has 1 atom stereocenters. The number of ether oxygens (including phenoxy) is 2. The fourth-order valence-corrected chi connectivity index (χ4v) is 2.94.